The summed E-state index contributed by atoms with van der Waals surface area (Å²) >= 11 is 1.91. The average molecular weight is 224 g/mol. The van der Waals surface area contributed by atoms with Crippen LogP contribution in [0.2, 0.25) is 0 Å². The molecule has 1 fully saturated rings. The van der Waals surface area contributed by atoms with Gasteiger partial charge in [0.1, 0.15) is 0 Å². The second-order valence-corrected chi connectivity index (χ2v) is 5.68. The first kappa shape index (κ1) is 11.1. The van der Waals surface area contributed by atoms with Crippen molar-refractivity contribution in [2.75, 3.05) is 13.1 Å². The number of hydrogen-bond donors (Lipinski definition) is 2. The fraction of sp³-hybridized carbons (Fsp3) is 0.667. The predicted octanol–water partition coefficient (Wildman–Crippen LogP) is 2.46. The van der Waals surface area contributed by atoms with Crippen LogP contribution in [0, 0.1) is 6.92 Å². The van der Waals surface area contributed by atoms with Gasteiger partial charge in [-0.05, 0) is 51.9 Å². The molecule has 0 aromatic carbocycles. The standard InChI is InChI=1S/C12H20N2S/c1-9-3-4-12(15-9)10(2)14-11-5-7-13-8-6-11/h3-4,10-11,13-14H,5-8H2,1-2H3. The summed E-state index contributed by atoms with van der Waals surface area (Å²) in [5.74, 6) is 0. The van der Waals surface area contributed by atoms with Gasteiger partial charge in [-0.15, -0.1) is 11.3 Å². The van der Waals surface area contributed by atoms with Crippen LogP contribution in [-0.2, 0) is 0 Å². The number of hydrogen-bond acceptors (Lipinski definition) is 3. The van der Waals surface area contributed by atoms with Crippen molar-refractivity contribution in [3.05, 3.63) is 21.9 Å². The Morgan fingerprint density at radius 2 is 2.13 bits per heavy atom. The molecular weight excluding hydrogens is 204 g/mol. The molecule has 1 unspecified atom stereocenters. The molecule has 2 nitrogen and oxygen atoms in total. The second kappa shape index (κ2) is 5.10. The van der Waals surface area contributed by atoms with Gasteiger partial charge in [0, 0.05) is 21.8 Å². The smallest absolute Gasteiger partial charge is 0.0388 e. The van der Waals surface area contributed by atoms with E-state index in [1.54, 1.807) is 0 Å². The molecule has 3 heteroatoms. The Morgan fingerprint density at radius 3 is 2.73 bits per heavy atom. The summed E-state index contributed by atoms with van der Waals surface area (Å²) in [6.45, 7) is 6.76. The van der Waals surface area contributed by atoms with Gasteiger partial charge in [-0.3, -0.25) is 0 Å². The Morgan fingerprint density at radius 1 is 1.40 bits per heavy atom. The van der Waals surface area contributed by atoms with Crippen molar-refractivity contribution in [1.29, 1.82) is 0 Å². The summed E-state index contributed by atoms with van der Waals surface area (Å²) in [5, 5.41) is 7.11. The van der Waals surface area contributed by atoms with Gasteiger partial charge in [0.25, 0.3) is 0 Å². The van der Waals surface area contributed by atoms with Gasteiger partial charge in [-0.25, -0.2) is 0 Å². The maximum Gasteiger partial charge on any atom is 0.0388 e. The van der Waals surface area contributed by atoms with Crippen molar-refractivity contribution in [3.8, 4) is 0 Å². The SMILES string of the molecule is Cc1ccc(C(C)NC2CCNCC2)s1. The highest BCUT2D eigenvalue weighted by molar-refractivity contribution is 7.12. The molecule has 1 aromatic rings. The van der Waals surface area contributed by atoms with Crippen molar-refractivity contribution in [1.82, 2.24) is 10.6 Å². The molecule has 1 saturated heterocycles. The molecule has 1 aromatic heterocycles. The van der Waals surface area contributed by atoms with Crippen molar-refractivity contribution in [2.24, 2.45) is 0 Å². The van der Waals surface area contributed by atoms with Crippen LogP contribution in [0.1, 0.15) is 35.6 Å². The molecule has 2 N–H and O–H groups in total. The van der Waals surface area contributed by atoms with Gasteiger partial charge in [-0.1, -0.05) is 0 Å². The average Bonchev–Trinajstić information content (AvgIpc) is 2.66. The van der Waals surface area contributed by atoms with Crippen molar-refractivity contribution >= 4 is 11.3 Å². The molecule has 1 aliphatic rings. The second-order valence-electron chi connectivity index (χ2n) is 4.36. The normalized spacial score (nSPS) is 20.4. The van der Waals surface area contributed by atoms with Crippen LogP contribution in [0.25, 0.3) is 0 Å². The van der Waals surface area contributed by atoms with Crippen LogP contribution in [0.5, 0.6) is 0 Å². The van der Waals surface area contributed by atoms with Gasteiger partial charge >= 0.3 is 0 Å². The van der Waals surface area contributed by atoms with Crippen LogP contribution in [-0.4, -0.2) is 19.1 Å². The van der Waals surface area contributed by atoms with E-state index in [1.165, 1.54) is 22.6 Å². The molecule has 0 aliphatic carbocycles. The minimum Gasteiger partial charge on any atom is -0.317 e. The Hall–Kier alpha value is -0.380. The maximum absolute atomic E-state index is 3.72. The van der Waals surface area contributed by atoms with E-state index in [1.807, 2.05) is 11.3 Å². The fourth-order valence-corrected chi connectivity index (χ4v) is 3.00. The Labute approximate surface area is 96.1 Å². The molecule has 1 aliphatic heterocycles. The lowest BCUT2D eigenvalue weighted by atomic mass is 10.1. The number of thiophene rings is 1. The molecule has 84 valence electrons. The lowest BCUT2D eigenvalue weighted by molar-refractivity contribution is 0.361. The first-order chi connectivity index (χ1) is 7.25. The number of nitrogens with one attached hydrogen (secondary N) is 2. The fourth-order valence-electron chi connectivity index (χ4n) is 2.11. The minimum atomic E-state index is 0.506. The van der Waals surface area contributed by atoms with Gasteiger partial charge < -0.3 is 10.6 Å². The van der Waals surface area contributed by atoms with Crippen LogP contribution in [0.15, 0.2) is 12.1 Å². The summed E-state index contributed by atoms with van der Waals surface area (Å²) in [6.07, 6.45) is 2.52. The molecular formula is C12H20N2S. The highest BCUT2D eigenvalue weighted by Crippen LogP contribution is 2.23. The van der Waals surface area contributed by atoms with Crippen molar-refractivity contribution < 1.29 is 0 Å². The van der Waals surface area contributed by atoms with Gasteiger partial charge in [0.05, 0.1) is 0 Å². The molecule has 0 saturated carbocycles. The minimum absolute atomic E-state index is 0.506. The Bertz CT molecular complexity index is 302. The number of aryl methyl sites for hydroxylation is 1. The topological polar surface area (TPSA) is 24.1 Å². The summed E-state index contributed by atoms with van der Waals surface area (Å²) in [7, 11) is 0. The molecule has 0 amide bonds. The van der Waals surface area contributed by atoms with E-state index in [0.717, 1.165) is 13.1 Å². The van der Waals surface area contributed by atoms with Crippen molar-refractivity contribution in [3.63, 3.8) is 0 Å². The highest BCUT2D eigenvalue weighted by atomic mass is 32.1. The van der Waals surface area contributed by atoms with E-state index in [2.05, 4.69) is 36.6 Å². The highest BCUT2D eigenvalue weighted by Gasteiger charge is 2.16. The zero-order valence-electron chi connectivity index (χ0n) is 9.55. The summed E-state index contributed by atoms with van der Waals surface area (Å²) in [5.41, 5.74) is 0. The van der Waals surface area contributed by atoms with E-state index in [9.17, 15) is 0 Å². The predicted molar refractivity (Wildman–Crippen MR) is 66.5 cm³/mol. The third kappa shape index (κ3) is 3.03. The first-order valence-electron chi connectivity index (χ1n) is 5.79. The third-order valence-electron chi connectivity index (χ3n) is 3.01. The van der Waals surface area contributed by atoms with Crippen LogP contribution >= 0.6 is 11.3 Å². The summed E-state index contributed by atoms with van der Waals surface area (Å²) in [6, 6.07) is 5.66. The van der Waals surface area contributed by atoms with Crippen molar-refractivity contribution in [2.45, 2.75) is 38.8 Å². The van der Waals surface area contributed by atoms with Crippen LogP contribution in [0.4, 0.5) is 0 Å². The lowest BCUT2D eigenvalue weighted by Gasteiger charge is -2.26. The van der Waals surface area contributed by atoms with Gasteiger partial charge in [0.2, 0.25) is 0 Å². The quantitative estimate of drug-likeness (QED) is 0.824. The molecule has 0 spiro atoms. The Balaban J connectivity index is 1.88. The van der Waals surface area contributed by atoms with Gasteiger partial charge in [-0.2, -0.15) is 0 Å². The van der Waals surface area contributed by atoms with E-state index >= 15 is 0 Å². The molecule has 2 heterocycles. The molecule has 15 heavy (non-hydrogen) atoms. The Kier molecular flexibility index (Phi) is 3.78. The van der Waals surface area contributed by atoms with Crippen LogP contribution < -0.4 is 10.6 Å². The van der Waals surface area contributed by atoms with Gasteiger partial charge in [0.15, 0.2) is 0 Å². The summed E-state index contributed by atoms with van der Waals surface area (Å²) in [4.78, 5) is 2.87. The molecule has 0 bridgehead atoms. The number of piperidine rings is 1. The largest absolute Gasteiger partial charge is 0.317 e. The van der Waals surface area contributed by atoms with E-state index in [4.69, 9.17) is 0 Å². The zero-order valence-corrected chi connectivity index (χ0v) is 10.4. The van der Waals surface area contributed by atoms with E-state index in [0.29, 0.717) is 12.1 Å². The lowest BCUT2D eigenvalue weighted by Crippen LogP contribution is -2.40. The molecule has 1 atom stereocenters. The van der Waals surface area contributed by atoms with E-state index < -0.39 is 0 Å². The monoisotopic (exact) mass is 224 g/mol. The van der Waals surface area contributed by atoms with Crippen LogP contribution in [0.3, 0.4) is 0 Å². The number of rotatable bonds is 3. The zero-order chi connectivity index (χ0) is 10.7. The first-order valence-corrected chi connectivity index (χ1v) is 6.60. The summed E-state index contributed by atoms with van der Waals surface area (Å²) < 4.78 is 0. The molecule has 2 rings (SSSR count). The molecule has 0 radical (unpaired) electrons. The maximum atomic E-state index is 3.72. The van der Waals surface area contributed by atoms with E-state index in [-0.39, 0.29) is 0 Å². The third-order valence-corrected chi connectivity index (χ3v) is 4.20.